The first-order valence-electron chi connectivity index (χ1n) is 10.9. The van der Waals surface area contributed by atoms with E-state index in [4.69, 9.17) is 4.74 Å². The highest BCUT2D eigenvalue weighted by atomic mass is 32.2. The molecule has 16 heteroatoms. The fourth-order valence-electron chi connectivity index (χ4n) is 3.87. The molecule has 8 nitrogen and oxygen atoms in total. The molecule has 0 atom stereocenters. The Morgan fingerprint density at radius 1 is 1.05 bits per heavy atom. The highest BCUT2D eigenvalue weighted by Gasteiger charge is 2.65. The number of nitrogens with zero attached hydrogens (tertiary/aromatic N) is 3. The average molecular weight is 578 g/mol. The van der Waals surface area contributed by atoms with Crippen molar-refractivity contribution in [2.24, 2.45) is 0 Å². The van der Waals surface area contributed by atoms with Crippen LogP contribution >= 0.6 is 0 Å². The van der Waals surface area contributed by atoms with Gasteiger partial charge in [-0.25, -0.2) is 8.42 Å². The number of anilines is 1. The zero-order valence-corrected chi connectivity index (χ0v) is 20.7. The molecule has 1 N–H and O–H groups in total. The van der Waals surface area contributed by atoms with Gasteiger partial charge in [-0.3, -0.25) is 4.79 Å². The molecule has 39 heavy (non-hydrogen) atoms. The van der Waals surface area contributed by atoms with Gasteiger partial charge in [-0.05, 0) is 49.6 Å². The van der Waals surface area contributed by atoms with Crippen LogP contribution in [0.25, 0.3) is 0 Å². The van der Waals surface area contributed by atoms with Crippen LogP contribution in [0.3, 0.4) is 0 Å². The lowest BCUT2D eigenvalue weighted by molar-refractivity contribution is -0.161. The number of rotatable bonds is 6. The summed E-state index contributed by atoms with van der Waals surface area (Å²) in [6, 6.07) is 6.49. The second-order valence-corrected chi connectivity index (χ2v) is 10.8. The van der Waals surface area contributed by atoms with E-state index in [-0.39, 0.29) is 23.4 Å². The summed E-state index contributed by atoms with van der Waals surface area (Å²) in [5.74, 6) is -4.29. The van der Waals surface area contributed by atoms with Gasteiger partial charge in [0, 0.05) is 23.6 Å². The fraction of sp³-hybridized carbons (Fsp3) is 0.304. The summed E-state index contributed by atoms with van der Waals surface area (Å²) in [5.41, 5.74) is -6.30. The predicted octanol–water partition coefficient (Wildman–Crippen LogP) is 5.38. The Morgan fingerprint density at radius 3 is 2.26 bits per heavy atom. The Kier molecular flexibility index (Phi) is 6.82. The molecule has 2 aromatic heterocycles. The number of halogens is 7. The molecule has 4 rings (SSSR count). The molecule has 1 fully saturated rings. The van der Waals surface area contributed by atoms with Crippen LogP contribution in [0.15, 0.2) is 41.3 Å². The van der Waals surface area contributed by atoms with Gasteiger partial charge >= 0.3 is 12.4 Å². The minimum absolute atomic E-state index is 0.103. The van der Waals surface area contributed by atoms with Gasteiger partial charge in [0.05, 0.1) is 10.3 Å². The minimum atomic E-state index is -5.04. The zero-order valence-electron chi connectivity index (χ0n) is 19.9. The molecule has 0 spiro atoms. The lowest BCUT2D eigenvalue weighted by Crippen LogP contribution is -2.30. The maximum Gasteiger partial charge on any atom is 0.435 e. The predicted molar refractivity (Wildman–Crippen MR) is 121 cm³/mol. The number of ether oxygens (including phenoxy) is 1. The summed E-state index contributed by atoms with van der Waals surface area (Å²) in [4.78, 5) is 16.2. The van der Waals surface area contributed by atoms with E-state index in [0.717, 1.165) is 31.4 Å². The third-order valence-electron chi connectivity index (χ3n) is 6.03. The lowest BCUT2D eigenvalue weighted by atomic mass is 9.97. The third-order valence-corrected chi connectivity index (χ3v) is 7.14. The maximum atomic E-state index is 14.6. The molecule has 1 amide bonds. The smallest absolute Gasteiger partial charge is 0.418 e. The zero-order chi connectivity index (χ0) is 29.0. The number of carbonyl (C=O) groups is 1. The number of pyridine rings is 1. The Hall–Kier alpha value is -3.82. The number of nitrogens with one attached hydrogen (secondary N) is 1. The number of sulfone groups is 1. The summed E-state index contributed by atoms with van der Waals surface area (Å²) in [6.45, 7) is 0.892. The summed E-state index contributed by atoms with van der Waals surface area (Å²) >= 11 is 0. The number of hydrogen-bond donors (Lipinski definition) is 1. The Bertz CT molecular complexity index is 1570. The molecule has 0 aliphatic heterocycles. The molecule has 3 aromatic rings. The van der Waals surface area contributed by atoms with E-state index in [9.17, 15) is 43.9 Å². The molecule has 1 aliphatic carbocycles. The van der Waals surface area contributed by atoms with Crippen molar-refractivity contribution < 1.29 is 48.7 Å². The molecule has 2 heterocycles. The quantitative estimate of drug-likeness (QED) is 0.309. The topological polar surface area (TPSA) is 111 Å². The van der Waals surface area contributed by atoms with Crippen LogP contribution in [-0.2, 0) is 21.4 Å². The fourth-order valence-corrected chi connectivity index (χ4v) is 4.53. The number of hydrogen-bond acceptors (Lipinski definition) is 7. The van der Waals surface area contributed by atoms with Gasteiger partial charge in [0.15, 0.2) is 15.5 Å². The van der Waals surface area contributed by atoms with Crippen molar-refractivity contribution >= 4 is 21.4 Å². The maximum absolute atomic E-state index is 14.6. The number of aromatic nitrogens is 3. The van der Waals surface area contributed by atoms with Crippen LogP contribution in [0, 0.1) is 12.9 Å². The van der Waals surface area contributed by atoms with E-state index in [1.165, 1.54) is 18.2 Å². The molecule has 0 radical (unpaired) electrons. The van der Waals surface area contributed by atoms with Crippen molar-refractivity contribution in [1.82, 2.24) is 15.2 Å². The van der Waals surface area contributed by atoms with Crippen LogP contribution in [0.1, 0.15) is 40.0 Å². The van der Waals surface area contributed by atoms with E-state index in [2.05, 4.69) is 20.5 Å². The van der Waals surface area contributed by atoms with Crippen LogP contribution in [0.5, 0.6) is 11.8 Å². The molecule has 0 saturated heterocycles. The van der Waals surface area contributed by atoms with Gasteiger partial charge in [-0.2, -0.15) is 35.7 Å². The van der Waals surface area contributed by atoms with Crippen LogP contribution in [0.4, 0.5) is 36.4 Å². The van der Waals surface area contributed by atoms with Gasteiger partial charge in [-0.15, -0.1) is 10.2 Å². The summed E-state index contributed by atoms with van der Waals surface area (Å²) in [5, 5.41) is 8.56. The third kappa shape index (κ3) is 5.51. The van der Waals surface area contributed by atoms with Gasteiger partial charge in [0.25, 0.3) is 11.8 Å². The van der Waals surface area contributed by atoms with Crippen molar-refractivity contribution in [3.8, 4) is 11.8 Å². The van der Waals surface area contributed by atoms with E-state index in [0.29, 0.717) is 0 Å². The van der Waals surface area contributed by atoms with E-state index in [1.54, 1.807) is 0 Å². The molecular formula is C23H17F7N4O4S. The van der Waals surface area contributed by atoms with Crippen LogP contribution in [0.2, 0.25) is 0 Å². The highest BCUT2D eigenvalue weighted by molar-refractivity contribution is 7.90. The Balaban J connectivity index is 1.72. The summed E-state index contributed by atoms with van der Waals surface area (Å²) in [6.07, 6.45) is -9.55. The molecule has 208 valence electrons. The first kappa shape index (κ1) is 28.2. The van der Waals surface area contributed by atoms with Gasteiger partial charge in [-0.1, -0.05) is 6.07 Å². The number of carbonyl (C=O) groups excluding carboxylic acids is 1. The molecule has 1 aromatic carbocycles. The Morgan fingerprint density at radius 2 is 1.72 bits per heavy atom. The average Bonchev–Trinajstić information content (AvgIpc) is 3.60. The first-order valence-corrected chi connectivity index (χ1v) is 12.8. The van der Waals surface area contributed by atoms with E-state index >= 15 is 0 Å². The summed E-state index contributed by atoms with van der Waals surface area (Å²) < 4.78 is 124. The van der Waals surface area contributed by atoms with Crippen LogP contribution in [-0.4, -0.2) is 41.9 Å². The lowest BCUT2D eigenvalue weighted by Gasteiger charge is -2.20. The molecule has 0 bridgehead atoms. The second-order valence-electron chi connectivity index (χ2n) is 8.78. The first-order chi connectivity index (χ1) is 17.9. The second kappa shape index (κ2) is 9.43. The SMILES string of the molecule is Cc1c(C(F)(F)F)nnc(Oc2ccc(C3(C(F)(F)F)CC3)c(F)n2)c1C(=O)Nc1cccc(S(C)(=O)=O)c1. The van der Waals surface area contributed by atoms with Crippen molar-refractivity contribution in [2.45, 2.75) is 42.4 Å². The summed E-state index contributed by atoms with van der Waals surface area (Å²) in [7, 11) is -3.69. The van der Waals surface area contributed by atoms with Gasteiger partial charge in [0.2, 0.25) is 11.8 Å². The molecule has 1 aliphatic rings. The molecular weight excluding hydrogens is 561 g/mol. The largest absolute Gasteiger partial charge is 0.435 e. The minimum Gasteiger partial charge on any atom is -0.418 e. The van der Waals surface area contributed by atoms with E-state index < -0.39 is 73.6 Å². The molecule has 0 unspecified atom stereocenters. The Labute approximate surface area is 216 Å². The van der Waals surface area contributed by atoms with Crippen molar-refractivity contribution in [3.05, 3.63) is 64.7 Å². The van der Waals surface area contributed by atoms with Crippen LogP contribution < -0.4 is 10.1 Å². The van der Waals surface area contributed by atoms with Gasteiger partial charge < -0.3 is 10.1 Å². The monoisotopic (exact) mass is 578 g/mol. The normalized spacial score (nSPS) is 15.1. The van der Waals surface area contributed by atoms with Crippen molar-refractivity contribution in [3.63, 3.8) is 0 Å². The number of alkyl halides is 6. The van der Waals surface area contributed by atoms with E-state index in [1.807, 2.05) is 0 Å². The number of benzene rings is 1. The number of amides is 1. The van der Waals surface area contributed by atoms with Crippen molar-refractivity contribution in [1.29, 1.82) is 0 Å². The standard InChI is InChI=1S/C23H17F7N4O4S/c1-11-16(19(35)31-12-4-3-5-13(10-12)39(2,36)37)20(34-33-17(11)22(25,26)27)38-15-7-6-14(18(24)32-15)21(8-9-21)23(28,29)30/h3-7,10H,8-9H2,1-2H3,(H,31,35). The van der Waals surface area contributed by atoms with Crippen molar-refractivity contribution in [2.75, 3.05) is 11.6 Å². The highest BCUT2D eigenvalue weighted by Crippen LogP contribution is 2.59. The van der Waals surface area contributed by atoms with Gasteiger partial charge in [0.1, 0.15) is 5.56 Å². The molecule has 1 saturated carbocycles.